The molecule has 1 saturated carbocycles. The molecule has 1 atom stereocenters. The summed E-state index contributed by atoms with van der Waals surface area (Å²) in [4.78, 5) is 29.8. The van der Waals surface area contributed by atoms with Crippen molar-refractivity contribution < 1.29 is 9.59 Å². The van der Waals surface area contributed by atoms with Crippen molar-refractivity contribution in [3.63, 3.8) is 0 Å². The lowest BCUT2D eigenvalue weighted by Crippen LogP contribution is -2.47. The maximum Gasteiger partial charge on any atom is 0.223 e. The van der Waals surface area contributed by atoms with Gasteiger partial charge in [0.1, 0.15) is 0 Å². The highest BCUT2D eigenvalue weighted by Crippen LogP contribution is 2.40. The van der Waals surface area contributed by atoms with Gasteiger partial charge in [0.15, 0.2) is 5.78 Å². The zero-order valence-electron chi connectivity index (χ0n) is 17.8. The summed E-state index contributed by atoms with van der Waals surface area (Å²) in [6, 6.07) is 9.33. The Kier molecular flexibility index (Phi) is 6.69. The lowest BCUT2D eigenvalue weighted by molar-refractivity contribution is -0.130. The van der Waals surface area contributed by atoms with Crippen LogP contribution < -0.4 is 0 Å². The maximum atomic E-state index is 12.8. The zero-order valence-corrected chi connectivity index (χ0v) is 17.8. The van der Waals surface area contributed by atoms with Crippen molar-refractivity contribution in [1.82, 2.24) is 9.80 Å². The molecule has 1 amide bonds. The fraction of sp³-hybridized carbons (Fsp3) is 0.680. The van der Waals surface area contributed by atoms with Crippen molar-refractivity contribution in [3.8, 4) is 0 Å². The van der Waals surface area contributed by atoms with Crippen molar-refractivity contribution in [3.05, 3.63) is 35.9 Å². The van der Waals surface area contributed by atoms with Gasteiger partial charge in [0, 0.05) is 50.0 Å². The first-order valence-electron chi connectivity index (χ1n) is 11.7. The van der Waals surface area contributed by atoms with Gasteiger partial charge >= 0.3 is 0 Å². The number of likely N-dealkylation sites (tertiary alicyclic amines) is 2. The molecule has 2 saturated heterocycles. The predicted molar refractivity (Wildman–Crippen MR) is 116 cm³/mol. The first-order valence-corrected chi connectivity index (χ1v) is 11.7. The smallest absolute Gasteiger partial charge is 0.223 e. The highest BCUT2D eigenvalue weighted by atomic mass is 16.2. The van der Waals surface area contributed by atoms with E-state index in [9.17, 15) is 9.59 Å². The van der Waals surface area contributed by atoms with E-state index in [0.717, 1.165) is 32.0 Å². The molecule has 2 aliphatic heterocycles. The summed E-state index contributed by atoms with van der Waals surface area (Å²) in [6.07, 6.45) is 11.4. The summed E-state index contributed by atoms with van der Waals surface area (Å²) in [6.45, 7) is 5.43. The third-order valence-electron chi connectivity index (χ3n) is 7.43. The second-order valence-electron chi connectivity index (χ2n) is 9.70. The molecule has 0 N–H and O–H groups in total. The molecule has 1 aliphatic carbocycles. The minimum absolute atomic E-state index is 0.0733. The summed E-state index contributed by atoms with van der Waals surface area (Å²) >= 11 is 0. The summed E-state index contributed by atoms with van der Waals surface area (Å²) in [7, 11) is 0. The molecule has 0 unspecified atom stereocenters. The topological polar surface area (TPSA) is 40.6 Å². The van der Waals surface area contributed by atoms with Crippen LogP contribution in [0, 0.1) is 11.3 Å². The highest BCUT2D eigenvalue weighted by Gasteiger charge is 2.42. The number of nitrogens with zero attached hydrogens (tertiary/aromatic N) is 2. The van der Waals surface area contributed by atoms with E-state index in [4.69, 9.17) is 0 Å². The standard InChI is InChI=1S/C25H36N2O2/c28-23(22-10-5-2-6-11-22)12-13-24(29)27-17-15-25(20-27)14-7-16-26(19-25)18-21-8-3-1-4-9-21/h2,5-6,10-11,21H,1,3-4,7-9,12-20H2/t25-/m0/s1. The third-order valence-corrected chi connectivity index (χ3v) is 7.43. The molecule has 1 aromatic carbocycles. The molecular formula is C25H36N2O2. The summed E-state index contributed by atoms with van der Waals surface area (Å²) < 4.78 is 0. The number of hydrogen-bond donors (Lipinski definition) is 0. The van der Waals surface area contributed by atoms with Crippen LogP contribution in [0.4, 0.5) is 0 Å². The van der Waals surface area contributed by atoms with Crippen LogP contribution in [-0.4, -0.2) is 54.2 Å². The Morgan fingerprint density at radius 1 is 0.897 bits per heavy atom. The molecule has 3 aliphatic rings. The van der Waals surface area contributed by atoms with E-state index in [1.54, 1.807) is 0 Å². The Labute approximate surface area is 175 Å². The summed E-state index contributed by atoms with van der Waals surface area (Å²) in [5.41, 5.74) is 1.01. The van der Waals surface area contributed by atoms with Crippen LogP contribution in [0.3, 0.4) is 0 Å². The number of hydrogen-bond acceptors (Lipinski definition) is 3. The molecule has 4 nitrogen and oxygen atoms in total. The van der Waals surface area contributed by atoms with E-state index in [2.05, 4.69) is 4.90 Å². The van der Waals surface area contributed by atoms with Crippen molar-refractivity contribution in [2.75, 3.05) is 32.7 Å². The maximum absolute atomic E-state index is 12.8. The van der Waals surface area contributed by atoms with Gasteiger partial charge in [-0.15, -0.1) is 0 Å². The lowest BCUT2D eigenvalue weighted by Gasteiger charge is -2.42. The number of benzene rings is 1. The lowest BCUT2D eigenvalue weighted by atomic mass is 9.78. The van der Waals surface area contributed by atoms with Crippen LogP contribution in [0.1, 0.15) is 74.6 Å². The van der Waals surface area contributed by atoms with Gasteiger partial charge in [-0.25, -0.2) is 0 Å². The number of ketones is 1. The van der Waals surface area contributed by atoms with E-state index in [1.165, 1.54) is 58.0 Å². The van der Waals surface area contributed by atoms with Gasteiger partial charge in [-0.3, -0.25) is 9.59 Å². The molecule has 4 heteroatoms. The van der Waals surface area contributed by atoms with E-state index < -0.39 is 0 Å². The van der Waals surface area contributed by atoms with Crippen molar-refractivity contribution in [1.29, 1.82) is 0 Å². The van der Waals surface area contributed by atoms with Crippen molar-refractivity contribution in [2.45, 2.75) is 64.2 Å². The first kappa shape index (κ1) is 20.6. The SMILES string of the molecule is O=C(CCC(=O)N1CC[C@]2(CCCN(CC3CCCCC3)C2)C1)c1ccccc1. The molecule has 1 spiro atoms. The highest BCUT2D eigenvalue weighted by molar-refractivity contribution is 5.97. The largest absolute Gasteiger partial charge is 0.342 e. The van der Waals surface area contributed by atoms with E-state index in [1.807, 2.05) is 35.2 Å². The number of carbonyl (C=O) groups excluding carboxylic acids is 2. The van der Waals surface area contributed by atoms with E-state index >= 15 is 0 Å². The van der Waals surface area contributed by atoms with E-state index in [-0.39, 0.29) is 11.7 Å². The van der Waals surface area contributed by atoms with Gasteiger partial charge in [0.2, 0.25) is 5.91 Å². The first-order chi connectivity index (χ1) is 14.1. The molecule has 4 rings (SSSR count). The Morgan fingerprint density at radius 2 is 1.69 bits per heavy atom. The number of Topliss-reactive ketones (excluding diaryl/α,β-unsaturated/α-hetero) is 1. The molecule has 0 aromatic heterocycles. The fourth-order valence-corrected chi connectivity index (χ4v) is 5.83. The zero-order chi connectivity index (χ0) is 20.1. The normalized spacial score (nSPS) is 26.1. The Morgan fingerprint density at radius 3 is 2.48 bits per heavy atom. The number of piperidine rings is 1. The molecule has 3 fully saturated rings. The van der Waals surface area contributed by atoms with Gasteiger partial charge in [-0.05, 0) is 44.6 Å². The molecule has 0 bridgehead atoms. The van der Waals surface area contributed by atoms with Crippen LogP contribution in [0.25, 0.3) is 0 Å². The van der Waals surface area contributed by atoms with Gasteiger partial charge in [-0.1, -0.05) is 49.6 Å². The van der Waals surface area contributed by atoms with Crippen molar-refractivity contribution >= 4 is 11.7 Å². The Bertz CT molecular complexity index is 698. The van der Waals surface area contributed by atoms with Crippen LogP contribution in [0.15, 0.2) is 30.3 Å². The molecule has 29 heavy (non-hydrogen) atoms. The second-order valence-corrected chi connectivity index (χ2v) is 9.70. The van der Waals surface area contributed by atoms with Crippen LogP contribution >= 0.6 is 0 Å². The molecule has 158 valence electrons. The monoisotopic (exact) mass is 396 g/mol. The summed E-state index contributed by atoms with van der Waals surface area (Å²) in [5, 5.41) is 0. The number of amides is 1. The van der Waals surface area contributed by atoms with Gasteiger partial charge in [-0.2, -0.15) is 0 Å². The Balaban J connectivity index is 1.26. The molecule has 0 radical (unpaired) electrons. The van der Waals surface area contributed by atoms with Gasteiger partial charge in [0.05, 0.1) is 0 Å². The van der Waals surface area contributed by atoms with Crippen LogP contribution in [0.5, 0.6) is 0 Å². The fourth-order valence-electron chi connectivity index (χ4n) is 5.83. The molecule has 2 heterocycles. The van der Waals surface area contributed by atoms with Crippen molar-refractivity contribution in [2.24, 2.45) is 11.3 Å². The minimum atomic E-state index is 0.0733. The second kappa shape index (κ2) is 9.42. The third kappa shape index (κ3) is 5.28. The van der Waals surface area contributed by atoms with Gasteiger partial charge < -0.3 is 9.80 Å². The molecule has 1 aromatic rings. The predicted octanol–water partition coefficient (Wildman–Crippen LogP) is 4.54. The average Bonchev–Trinajstić information content (AvgIpc) is 3.16. The Hall–Kier alpha value is -1.68. The number of rotatable bonds is 6. The molecular weight excluding hydrogens is 360 g/mol. The minimum Gasteiger partial charge on any atom is -0.342 e. The number of carbonyl (C=O) groups is 2. The van der Waals surface area contributed by atoms with Gasteiger partial charge in [0.25, 0.3) is 0 Å². The quantitative estimate of drug-likeness (QED) is 0.663. The van der Waals surface area contributed by atoms with Crippen LogP contribution in [0.2, 0.25) is 0 Å². The average molecular weight is 397 g/mol. The van der Waals surface area contributed by atoms with E-state index in [0.29, 0.717) is 23.8 Å². The van der Waals surface area contributed by atoms with Crippen LogP contribution in [-0.2, 0) is 4.79 Å². The summed E-state index contributed by atoms with van der Waals surface area (Å²) in [5.74, 6) is 1.13.